The van der Waals surface area contributed by atoms with E-state index in [-0.39, 0.29) is 5.75 Å². The van der Waals surface area contributed by atoms with E-state index in [1.807, 2.05) is 0 Å². The highest BCUT2D eigenvalue weighted by molar-refractivity contribution is 5.77. The van der Waals surface area contributed by atoms with Gasteiger partial charge in [-0.25, -0.2) is 4.79 Å². The molecule has 3 rings (SSSR count). The van der Waals surface area contributed by atoms with Gasteiger partial charge in [0, 0.05) is 5.39 Å². The lowest BCUT2D eigenvalue weighted by Gasteiger charge is -2.39. The second kappa shape index (κ2) is 6.26. The molecule has 5 atom stereocenters. The van der Waals surface area contributed by atoms with Gasteiger partial charge in [0.25, 0.3) is 0 Å². The topological polar surface area (TPSA) is 130 Å². The summed E-state index contributed by atoms with van der Waals surface area (Å²) in [6.45, 7) is -0.586. The van der Waals surface area contributed by atoms with Crippen molar-refractivity contribution in [3.05, 3.63) is 40.8 Å². The normalized spacial score (nSPS) is 31.2. The molecule has 124 valence electrons. The first-order chi connectivity index (χ1) is 11.0. The summed E-state index contributed by atoms with van der Waals surface area (Å²) < 4.78 is 15.6. The van der Waals surface area contributed by atoms with Crippen molar-refractivity contribution in [3.8, 4) is 5.75 Å². The molecular formula is C15H16O8. The Morgan fingerprint density at radius 3 is 2.57 bits per heavy atom. The average Bonchev–Trinajstić information content (AvgIpc) is 2.56. The number of rotatable bonds is 3. The van der Waals surface area contributed by atoms with Crippen molar-refractivity contribution < 1.29 is 34.3 Å². The summed E-state index contributed by atoms with van der Waals surface area (Å²) in [4.78, 5) is 11.9. The van der Waals surface area contributed by atoms with Crippen LogP contribution in [0.5, 0.6) is 5.75 Å². The predicted molar refractivity (Wildman–Crippen MR) is 76.9 cm³/mol. The Morgan fingerprint density at radius 1 is 1.09 bits per heavy atom. The van der Waals surface area contributed by atoms with Crippen molar-refractivity contribution in [1.82, 2.24) is 0 Å². The monoisotopic (exact) mass is 324 g/mol. The summed E-state index contributed by atoms with van der Waals surface area (Å²) in [6, 6.07) is 8.21. The van der Waals surface area contributed by atoms with Gasteiger partial charge in [0.05, 0.1) is 6.61 Å². The molecule has 0 aliphatic carbocycles. The number of aliphatic hydroxyl groups is 4. The van der Waals surface area contributed by atoms with Crippen LogP contribution < -0.4 is 10.4 Å². The van der Waals surface area contributed by atoms with E-state index < -0.39 is 42.9 Å². The molecule has 0 bridgehead atoms. The Morgan fingerprint density at radius 2 is 1.83 bits per heavy atom. The molecule has 8 nitrogen and oxygen atoms in total. The number of fused-ring (bicyclic) bond motifs is 1. The summed E-state index contributed by atoms with van der Waals surface area (Å²) in [5.41, 5.74) is -0.403. The maximum absolute atomic E-state index is 11.9. The second-order valence-corrected chi connectivity index (χ2v) is 5.25. The van der Waals surface area contributed by atoms with Crippen LogP contribution in [0.4, 0.5) is 0 Å². The van der Waals surface area contributed by atoms with Crippen LogP contribution in [0.2, 0.25) is 0 Å². The summed E-state index contributed by atoms with van der Waals surface area (Å²) in [5.74, 6) is -0.215. The molecule has 2 aromatic rings. The molecule has 8 heteroatoms. The van der Waals surface area contributed by atoms with Crippen LogP contribution in [-0.2, 0) is 4.74 Å². The van der Waals surface area contributed by atoms with Crippen molar-refractivity contribution in [2.45, 2.75) is 30.7 Å². The molecule has 23 heavy (non-hydrogen) atoms. The van der Waals surface area contributed by atoms with Crippen LogP contribution in [0.15, 0.2) is 39.5 Å². The molecule has 1 aliphatic heterocycles. The zero-order valence-electron chi connectivity index (χ0n) is 11.9. The fourth-order valence-electron chi connectivity index (χ4n) is 2.42. The van der Waals surface area contributed by atoms with Crippen molar-refractivity contribution in [2.24, 2.45) is 0 Å². The van der Waals surface area contributed by atoms with E-state index in [0.29, 0.717) is 11.0 Å². The standard InChI is InChI=1S/C15H16O8/c16-6-10-11(17)12(18)13(19)15(23-10)22-9-5-7-3-1-2-4-8(7)21-14(9)20/h1-5,10-13,15-19H,6H2/t10-,11+,12+,13-,15?/m1/s1. The van der Waals surface area contributed by atoms with Crippen LogP contribution in [0.1, 0.15) is 0 Å². The van der Waals surface area contributed by atoms with Gasteiger partial charge < -0.3 is 34.3 Å². The minimum Gasteiger partial charge on any atom is -0.454 e. The number of hydrogen-bond acceptors (Lipinski definition) is 8. The summed E-state index contributed by atoms with van der Waals surface area (Å²) in [5, 5.41) is 39.1. The minimum atomic E-state index is -1.60. The second-order valence-electron chi connectivity index (χ2n) is 5.25. The third-order valence-electron chi connectivity index (χ3n) is 3.70. The number of para-hydroxylation sites is 1. The molecule has 1 fully saturated rings. The van der Waals surface area contributed by atoms with Crippen molar-refractivity contribution in [2.75, 3.05) is 6.61 Å². The van der Waals surface area contributed by atoms with Crippen LogP contribution in [0.3, 0.4) is 0 Å². The van der Waals surface area contributed by atoms with Crippen LogP contribution >= 0.6 is 0 Å². The lowest BCUT2D eigenvalue weighted by molar-refractivity contribution is -0.277. The van der Waals surface area contributed by atoms with Gasteiger partial charge in [0.15, 0.2) is 0 Å². The Labute approximate surface area is 130 Å². The zero-order chi connectivity index (χ0) is 16.6. The average molecular weight is 324 g/mol. The van der Waals surface area contributed by atoms with Crippen LogP contribution in [0.25, 0.3) is 11.0 Å². The van der Waals surface area contributed by atoms with Gasteiger partial charge in [-0.05, 0) is 12.1 Å². The maximum atomic E-state index is 11.9. The van der Waals surface area contributed by atoms with Crippen molar-refractivity contribution >= 4 is 11.0 Å². The molecule has 0 saturated carbocycles. The maximum Gasteiger partial charge on any atom is 0.379 e. The van der Waals surface area contributed by atoms with E-state index in [1.54, 1.807) is 24.3 Å². The number of ether oxygens (including phenoxy) is 2. The third-order valence-corrected chi connectivity index (χ3v) is 3.70. The first-order valence-corrected chi connectivity index (χ1v) is 7.01. The number of hydrogen-bond donors (Lipinski definition) is 4. The fraction of sp³-hybridized carbons (Fsp3) is 0.400. The molecular weight excluding hydrogens is 308 g/mol. The molecule has 1 saturated heterocycles. The summed E-state index contributed by atoms with van der Waals surface area (Å²) in [6.07, 6.45) is -7.24. The van der Waals surface area contributed by atoms with Gasteiger partial charge in [-0.3, -0.25) is 0 Å². The molecule has 1 unspecified atom stereocenters. The van der Waals surface area contributed by atoms with Gasteiger partial charge in [-0.2, -0.15) is 0 Å². The van der Waals surface area contributed by atoms with Crippen molar-refractivity contribution in [3.63, 3.8) is 0 Å². The van der Waals surface area contributed by atoms with Gasteiger partial charge in [-0.1, -0.05) is 18.2 Å². The zero-order valence-corrected chi connectivity index (χ0v) is 11.9. The molecule has 0 radical (unpaired) electrons. The van der Waals surface area contributed by atoms with E-state index in [1.165, 1.54) is 6.07 Å². The Balaban J connectivity index is 1.88. The van der Waals surface area contributed by atoms with E-state index in [0.717, 1.165) is 0 Å². The van der Waals surface area contributed by atoms with E-state index in [4.69, 9.17) is 19.0 Å². The molecule has 2 heterocycles. The molecule has 0 amide bonds. The van der Waals surface area contributed by atoms with Gasteiger partial charge in [-0.15, -0.1) is 0 Å². The SMILES string of the molecule is O=c1oc2ccccc2cc1OC1O[C@H](CO)[C@H](O)[C@H](O)[C@H]1O. The quantitative estimate of drug-likeness (QED) is 0.528. The predicted octanol–water partition coefficient (Wildman–Crippen LogP) is -1.03. The number of benzene rings is 1. The van der Waals surface area contributed by atoms with E-state index in [9.17, 15) is 20.1 Å². The highest BCUT2D eigenvalue weighted by Crippen LogP contribution is 2.24. The molecule has 4 N–H and O–H groups in total. The van der Waals surface area contributed by atoms with Gasteiger partial charge in [0.1, 0.15) is 30.0 Å². The summed E-state index contributed by atoms with van der Waals surface area (Å²) in [7, 11) is 0. The summed E-state index contributed by atoms with van der Waals surface area (Å²) >= 11 is 0. The lowest BCUT2D eigenvalue weighted by Crippen LogP contribution is -2.60. The van der Waals surface area contributed by atoms with Gasteiger partial charge in [0.2, 0.25) is 12.0 Å². The smallest absolute Gasteiger partial charge is 0.379 e. The van der Waals surface area contributed by atoms with Crippen LogP contribution in [-0.4, -0.2) is 57.7 Å². The van der Waals surface area contributed by atoms with E-state index >= 15 is 0 Å². The molecule has 1 aromatic carbocycles. The highest BCUT2D eigenvalue weighted by Gasteiger charge is 2.45. The highest BCUT2D eigenvalue weighted by atomic mass is 16.7. The first kappa shape index (κ1) is 15.9. The number of aliphatic hydroxyl groups excluding tert-OH is 4. The Hall–Kier alpha value is -1.97. The van der Waals surface area contributed by atoms with Crippen LogP contribution in [0, 0.1) is 0 Å². The van der Waals surface area contributed by atoms with E-state index in [2.05, 4.69) is 0 Å². The molecule has 1 aliphatic rings. The van der Waals surface area contributed by atoms with Crippen molar-refractivity contribution in [1.29, 1.82) is 0 Å². The Bertz CT molecular complexity index is 740. The van der Waals surface area contributed by atoms with Gasteiger partial charge >= 0.3 is 5.63 Å². The third kappa shape index (κ3) is 2.94. The lowest BCUT2D eigenvalue weighted by atomic mass is 9.99. The molecule has 0 spiro atoms. The fourth-order valence-corrected chi connectivity index (χ4v) is 2.42. The largest absolute Gasteiger partial charge is 0.454 e. The minimum absolute atomic E-state index is 0.215. The molecule has 1 aromatic heterocycles. The Kier molecular flexibility index (Phi) is 4.33. The first-order valence-electron chi connectivity index (χ1n) is 7.01.